The minimum atomic E-state index is -0.819. The number of benzene rings is 2. The van der Waals surface area contributed by atoms with E-state index >= 15 is 0 Å². The van der Waals surface area contributed by atoms with Crippen molar-refractivity contribution >= 4 is 11.7 Å². The standard InChI is InChI=1S/C34H47N7O9/c1-45-16-6-14-40-15-18-47-30-13-8-24(19-29(30)40)23-48-32-22-35-26(20-28(32)25-9-11-27(46-2)12-10-25)21-31(34-36-38-39-37-34)50-33(42)7-4-3-5-17-49-41(43)44/h8-13,19,26,28,31-32,35H,3-7,14-18,20-23H2,1-2H3,(H,36,37,38,39). The molecule has 2 aliphatic heterocycles. The predicted octanol–water partition coefficient (Wildman–Crippen LogP) is 3.92. The van der Waals surface area contributed by atoms with Crippen molar-refractivity contribution in [2.75, 3.05) is 58.6 Å². The molecule has 16 nitrogen and oxygen atoms in total. The van der Waals surface area contributed by atoms with E-state index in [9.17, 15) is 14.9 Å². The Morgan fingerprint density at radius 1 is 1.12 bits per heavy atom. The van der Waals surface area contributed by atoms with Crippen LogP contribution in [0.25, 0.3) is 0 Å². The van der Waals surface area contributed by atoms with Crippen molar-refractivity contribution in [3.05, 3.63) is 69.5 Å². The number of H-pyrrole nitrogens is 1. The number of rotatable bonds is 20. The Balaban J connectivity index is 1.23. The number of fused-ring (bicyclic) bond motifs is 1. The molecule has 3 aromatic rings. The number of anilines is 1. The number of nitrogens with zero attached hydrogens (tertiary/aromatic N) is 5. The fraction of sp³-hybridized carbons (Fsp3) is 0.588. The third-order valence-electron chi connectivity index (χ3n) is 9.01. The number of tetrazole rings is 1. The van der Waals surface area contributed by atoms with Crippen LogP contribution in [0.2, 0.25) is 0 Å². The lowest BCUT2D eigenvalue weighted by Gasteiger charge is -2.38. The van der Waals surface area contributed by atoms with Crippen LogP contribution in [0.5, 0.6) is 11.5 Å². The summed E-state index contributed by atoms with van der Waals surface area (Å²) in [7, 11) is 3.37. The van der Waals surface area contributed by atoms with Gasteiger partial charge in [-0.25, -0.2) is 0 Å². The van der Waals surface area contributed by atoms with Crippen LogP contribution in [0.3, 0.4) is 0 Å². The Morgan fingerprint density at radius 2 is 1.98 bits per heavy atom. The molecule has 4 unspecified atom stereocenters. The Hall–Kier alpha value is -4.54. The largest absolute Gasteiger partial charge is 0.497 e. The summed E-state index contributed by atoms with van der Waals surface area (Å²) in [5, 5.41) is 27.5. The first-order chi connectivity index (χ1) is 24.4. The Morgan fingerprint density at radius 3 is 2.74 bits per heavy atom. The predicted molar refractivity (Wildman–Crippen MR) is 180 cm³/mol. The second-order valence-electron chi connectivity index (χ2n) is 12.4. The van der Waals surface area contributed by atoms with Crippen molar-refractivity contribution in [2.45, 2.75) is 75.7 Å². The molecular formula is C34H47N7O9. The molecule has 0 amide bonds. The monoisotopic (exact) mass is 697 g/mol. The number of ether oxygens (including phenoxy) is 5. The van der Waals surface area contributed by atoms with E-state index in [0.29, 0.717) is 64.3 Å². The molecule has 0 spiro atoms. The average Bonchev–Trinajstić information content (AvgIpc) is 3.68. The highest BCUT2D eigenvalue weighted by molar-refractivity contribution is 5.69. The van der Waals surface area contributed by atoms with Crippen molar-refractivity contribution < 1.29 is 38.4 Å². The van der Waals surface area contributed by atoms with E-state index in [1.807, 2.05) is 18.2 Å². The third kappa shape index (κ3) is 10.7. The number of piperidine rings is 1. The number of unbranched alkanes of at least 4 members (excludes halogenated alkanes) is 2. The Bertz CT molecular complexity index is 1480. The molecule has 4 atom stereocenters. The lowest BCUT2D eigenvalue weighted by Crippen LogP contribution is -2.47. The molecule has 3 heterocycles. The minimum absolute atomic E-state index is 0.00283. The number of methoxy groups -OCH3 is 2. The van der Waals surface area contributed by atoms with E-state index in [-0.39, 0.29) is 31.1 Å². The molecular weight excluding hydrogens is 650 g/mol. The third-order valence-corrected chi connectivity index (χ3v) is 9.01. The van der Waals surface area contributed by atoms with Crippen LogP contribution < -0.4 is 19.7 Å². The Labute approximate surface area is 291 Å². The lowest BCUT2D eigenvalue weighted by atomic mass is 9.82. The summed E-state index contributed by atoms with van der Waals surface area (Å²) >= 11 is 0. The van der Waals surface area contributed by atoms with Gasteiger partial charge in [-0.05, 0) is 61.1 Å². The van der Waals surface area contributed by atoms with Gasteiger partial charge in [-0.1, -0.05) is 29.8 Å². The molecule has 0 bridgehead atoms. The quantitative estimate of drug-likeness (QED) is 0.0749. The summed E-state index contributed by atoms with van der Waals surface area (Å²) in [6.07, 6.45) is 2.99. The van der Waals surface area contributed by atoms with E-state index in [1.54, 1.807) is 14.2 Å². The fourth-order valence-electron chi connectivity index (χ4n) is 6.44. The molecule has 50 heavy (non-hydrogen) atoms. The molecule has 2 aromatic carbocycles. The zero-order chi connectivity index (χ0) is 35.1. The Kier molecular flexibility index (Phi) is 14.0. The molecule has 272 valence electrons. The number of aromatic amines is 1. The summed E-state index contributed by atoms with van der Waals surface area (Å²) in [6.45, 7) is 4.10. The molecule has 2 aliphatic rings. The van der Waals surface area contributed by atoms with E-state index in [0.717, 1.165) is 47.8 Å². The van der Waals surface area contributed by atoms with E-state index in [4.69, 9.17) is 23.7 Å². The van der Waals surface area contributed by atoms with Gasteiger partial charge >= 0.3 is 5.97 Å². The van der Waals surface area contributed by atoms with Gasteiger partial charge < -0.3 is 38.7 Å². The smallest absolute Gasteiger partial charge is 0.306 e. The first kappa shape index (κ1) is 36.7. The summed E-state index contributed by atoms with van der Waals surface area (Å²) in [4.78, 5) is 29.8. The maximum atomic E-state index is 12.8. The SMILES string of the molecule is COCCCN1CCOc2ccc(COC3CNC(CC(OC(=O)CCCCCO[N+](=O)[O-])c4nn[nH]n4)CC3c3ccc(OC)cc3)cc21. The first-order valence-electron chi connectivity index (χ1n) is 17.1. The summed E-state index contributed by atoms with van der Waals surface area (Å²) in [5.41, 5.74) is 3.27. The molecule has 2 N–H and O–H groups in total. The van der Waals surface area contributed by atoms with Gasteiger partial charge in [0.25, 0.3) is 5.09 Å². The maximum Gasteiger partial charge on any atom is 0.306 e. The van der Waals surface area contributed by atoms with Gasteiger partial charge in [0.2, 0.25) is 5.82 Å². The molecule has 0 aliphatic carbocycles. The number of hydrogen-bond donors (Lipinski definition) is 2. The summed E-state index contributed by atoms with van der Waals surface area (Å²) < 4.78 is 29.1. The summed E-state index contributed by atoms with van der Waals surface area (Å²) in [5.74, 6) is 1.60. The van der Waals surface area contributed by atoms with Crippen LogP contribution in [0.1, 0.15) is 73.9 Å². The zero-order valence-corrected chi connectivity index (χ0v) is 28.7. The molecule has 1 aromatic heterocycles. The van der Waals surface area contributed by atoms with Crippen molar-refractivity contribution in [1.29, 1.82) is 0 Å². The van der Waals surface area contributed by atoms with Crippen LogP contribution in [-0.2, 0) is 30.4 Å². The van der Waals surface area contributed by atoms with Crippen LogP contribution >= 0.6 is 0 Å². The van der Waals surface area contributed by atoms with Crippen molar-refractivity contribution in [3.8, 4) is 11.5 Å². The van der Waals surface area contributed by atoms with Gasteiger partial charge in [-0.2, -0.15) is 5.21 Å². The van der Waals surface area contributed by atoms with Gasteiger partial charge in [0, 0.05) is 51.6 Å². The van der Waals surface area contributed by atoms with Gasteiger partial charge in [-0.3, -0.25) is 4.79 Å². The maximum absolute atomic E-state index is 12.8. The second-order valence-corrected chi connectivity index (χ2v) is 12.4. The van der Waals surface area contributed by atoms with E-state index in [2.05, 4.69) is 59.9 Å². The van der Waals surface area contributed by atoms with Gasteiger partial charge in [0.15, 0.2) is 6.10 Å². The van der Waals surface area contributed by atoms with Crippen LogP contribution in [0.4, 0.5) is 5.69 Å². The van der Waals surface area contributed by atoms with Crippen LogP contribution in [0, 0.1) is 10.1 Å². The van der Waals surface area contributed by atoms with Crippen LogP contribution in [0.15, 0.2) is 42.5 Å². The van der Waals surface area contributed by atoms with Gasteiger partial charge in [0.1, 0.15) is 18.1 Å². The number of carbonyl (C=O) groups is 1. The molecule has 5 rings (SSSR count). The van der Waals surface area contributed by atoms with Crippen molar-refractivity contribution in [2.24, 2.45) is 0 Å². The molecule has 0 radical (unpaired) electrons. The highest BCUT2D eigenvalue weighted by atomic mass is 16.9. The van der Waals surface area contributed by atoms with Crippen molar-refractivity contribution in [1.82, 2.24) is 25.9 Å². The van der Waals surface area contributed by atoms with E-state index in [1.165, 1.54) is 0 Å². The highest BCUT2D eigenvalue weighted by Gasteiger charge is 2.35. The average molecular weight is 698 g/mol. The van der Waals surface area contributed by atoms with Crippen LogP contribution in [-0.4, -0.2) is 97.5 Å². The first-order valence-corrected chi connectivity index (χ1v) is 17.1. The lowest BCUT2D eigenvalue weighted by molar-refractivity contribution is -0.757. The van der Waals surface area contributed by atoms with Gasteiger partial charge in [0.05, 0.1) is 38.7 Å². The van der Waals surface area contributed by atoms with Crippen molar-refractivity contribution in [3.63, 3.8) is 0 Å². The van der Waals surface area contributed by atoms with E-state index < -0.39 is 17.2 Å². The number of hydrogen-bond acceptors (Lipinski definition) is 14. The topological polar surface area (TPSA) is 185 Å². The molecule has 1 saturated heterocycles. The normalized spacial score (nSPS) is 19.2. The molecule has 0 saturated carbocycles. The number of aromatic nitrogens is 4. The van der Waals surface area contributed by atoms with Gasteiger partial charge in [-0.15, -0.1) is 20.3 Å². The number of nitrogens with one attached hydrogen (secondary N) is 2. The molecule has 1 fully saturated rings. The highest BCUT2D eigenvalue weighted by Crippen LogP contribution is 2.36. The molecule has 16 heteroatoms. The zero-order valence-electron chi connectivity index (χ0n) is 28.7. The number of esters is 1. The second kappa shape index (κ2) is 19.0. The number of carbonyl (C=O) groups excluding carboxylic acids is 1. The summed E-state index contributed by atoms with van der Waals surface area (Å²) in [6, 6.07) is 14.3. The fourth-order valence-corrected chi connectivity index (χ4v) is 6.44. The minimum Gasteiger partial charge on any atom is -0.497 e.